The molecule has 24 heavy (non-hydrogen) atoms. The summed E-state index contributed by atoms with van der Waals surface area (Å²) in [5.74, 6) is -2.15. The fourth-order valence-corrected chi connectivity index (χ4v) is 4.68. The lowest BCUT2D eigenvalue weighted by atomic mass is 9.89. The molecule has 1 aliphatic rings. The summed E-state index contributed by atoms with van der Waals surface area (Å²) in [6.45, 7) is 1.16. The highest BCUT2D eigenvalue weighted by molar-refractivity contribution is 7.89. The molecule has 1 aliphatic carbocycles. The molecule has 1 fully saturated rings. The van der Waals surface area contributed by atoms with E-state index in [4.69, 9.17) is 0 Å². The number of halogens is 2. The topological polar surface area (TPSA) is 40.6 Å². The molecule has 0 bridgehead atoms. The van der Waals surface area contributed by atoms with E-state index < -0.39 is 26.6 Å². The zero-order valence-electron chi connectivity index (χ0n) is 14.3. The molecule has 0 radical (unpaired) electrons. The Hall–Kier alpha value is -1.05. The first-order valence-electron chi connectivity index (χ1n) is 8.41. The van der Waals surface area contributed by atoms with Gasteiger partial charge in [-0.15, -0.1) is 0 Å². The van der Waals surface area contributed by atoms with Crippen molar-refractivity contribution in [3.63, 3.8) is 0 Å². The number of hydrogen-bond acceptors (Lipinski definition) is 3. The maximum Gasteiger partial charge on any atom is 0.246 e. The van der Waals surface area contributed by atoms with Gasteiger partial charge in [0.05, 0.1) is 0 Å². The minimum atomic E-state index is -4.06. The summed E-state index contributed by atoms with van der Waals surface area (Å²) in [6.07, 6.45) is 5.35. The predicted octanol–water partition coefficient (Wildman–Crippen LogP) is 3.10. The van der Waals surface area contributed by atoms with E-state index in [1.807, 2.05) is 19.0 Å². The molecule has 4 nitrogen and oxygen atoms in total. The largest absolute Gasteiger partial charge is 0.308 e. The number of likely N-dealkylation sites (N-methyl/N-ethyl adjacent to an activating group) is 1. The molecule has 0 aliphatic heterocycles. The van der Waals surface area contributed by atoms with E-state index in [0.29, 0.717) is 13.1 Å². The third kappa shape index (κ3) is 4.74. The Bertz CT molecular complexity index is 644. The second kappa shape index (κ2) is 8.36. The molecule has 1 aromatic carbocycles. The van der Waals surface area contributed by atoms with Gasteiger partial charge in [-0.25, -0.2) is 17.2 Å². The molecular weight excluding hydrogens is 334 g/mol. The Labute approximate surface area is 143 Å². The number of hydrogen-bond donors (Lipinski definition) is 0. The van der Waals surface area contributed by atoms with Gasteiger partial charge in [-0.2, -0.15) is 4.31 Å². The van der Waals surface area contributed by atoms with Crippen LogP contribution in [0, 0.1) is 17.6 Å². The van der Waals surface area contributed by atoms with Crippen LogP contribution in [0.1, 0.15) is 32.1 Å². The Balaban J connectivity index is 2.27. The minimum Gasteiger partial charge on any atom is -0.308 e. The summed E-state index contributed by atoms with van der Waals surface area (Å²) in [6, 6.07) is 3.30. The van der Waals surface area contributed by atoms with Gasteiger partial charge in [0.1, 0.15) is 4.90 Å². The molecule has 0 saturated heterocycles. The summed E-state index contributed by atoms with van der Waals surface area (Å²) in [7, 11) is -0.347. The normalized spacial score (nSPS) is 16.9. The van der Waals surface area contributed by atoms with Crippen molar-refractivity contribution in [1.29, 1.82) is 0 Å². The monoisotopic (exact) mass is 360 g/mol. The molecule has 1 saturated carbocycles. The predicted molar refractivity (Wildman–Crippen MR) is 90.2 cm³/mol. The number of nitrogens with zero attached hydrogens (tertiary/aromatic N) is 2. The van der Waals surface area contributed by atoms with E-state index in [2.05, 4.69) is 0 Å². The molecule has 1 aromatic rings. The minimum absolute atomic E-state index is 0.266. The van der Waals surface area contributed by atoms with Crippen molar-refractivity contribution < 1.29 is 17.2 Å². The van der Waals surface area contributed by atoms with Crippen LogP contribution in [0.15, 0.2) is 23.1 Å². The quantitative estimate of drug-likeness (QED) is 0.750. The molecule has 136 valence electrons. The summed E-state index contributed by atoms with van der Waals surface area (Å²) in [5.41, 5.74) is 0. The SMILES string of the molecule is CN(C)CCN(CC1CCCCC1)S(=O)(=O)c1cccc(F)c1F. The lowest BCUT2D eigenvalue weighted by Gasteiger charge is -2.30. The van der Waals surface area contributed by atoms with Crippen molar-refractivity contribution in [3.8, 4) is 0 Å². The van der Waals surface area contributed by atoms with Gasteiger partial charge >= 0.3 is 0 Å². The number of benzene rings is 1. The van der Waals surface area contributed by atoms with Crippen molar-refractivity contribution in [3.05, 3.63) is 29.8 Å². The first-order chi connectivity index (χ1) is 11.3. The molecule has 0 N–H and O–H groups in total. The second-order valence-corrected chi connectivity index (χ2v) is 8.63. The second-order valence-electron chi connectivity index (χ2n) is 6.72. The Morgan fingerprint density at radius 2 is 1.75 bits per heavy atom. The van der Waals surface area contributed by atoms with Crippen molar-refractivity contribution in [1.82, 2.24) is 9.21 Å². The van der Waals surface area contributed by atoms with Gasteiger partial charge in [-0.1, -0.05) is 25.3 Å². The van der Waals surface area contributed by atoms with Crippen LogP contribution in [0.3, 0.4) is 0 Å². The zero-order valence-corrected chi connectivity index (χ0v) is 15.2. The zero-order chi connectivity index (χ0) is 17.7. The van der Waals surface area contributed by atoms with E-state index >= 15 is 0 Å². The standard InChI is InChI=1S/C17H26F2N2O2S/c1-20(2)11-12-21(13-14-7-4-3-5-8-14)24(22,23)16-10-6-9-15(18)17(16)19/h6,9-10,14H,3-5,7-8,11-13H2,1-2H3. The molecule has 0 unspecified atom stereocenters. The van der Waals surface area contributed by atoms with E-state index in [1.54, 1.807) is 0 Å². The van der Waals surface area contributed by atoms with Crippen LogP contribution in [0.4, 0.5) is 8.78 Å². The van der Waals surface area contributed by atoms with Gasteiger partial charge in [0.25, 0.3) is 0 Å². The summed E-state index contributed by atoms with van der Waals surface area (Å²) in [4.78, 5) is 1.31. The Kier molecular flexibility index (Phi) is 6.71. The molecule has 2 rings (SSSR count). The molecule has 7 heteroatoms. The summed E-state index contributed by atoms with van der Waals surface area (Å²) < 4.78 is 54.6. The van der Waals surface area contributed by atoms with Crippen LogP contribution >= 0.6 is 0 Å². The molecule has 0 aromatic heterocycles. The first-order valence-corrected chi connectivity index (χ1v) is 9.85. The van der Waals surface area contributed by atoms with Crippen LogP contribution in [-0.4, -0.2) is 51.4 Å². The molecular formula is C17H26F2N2O2S. The van der Waals surface area contributed by atoms with Gasteiger partial charge in [0, 0.05) is 19.6 Å². The number of sulfonamides is 1. The molecule has 0 spiro atoms. The highest BCUT2D eigenvalue weighted by atomic mass is 32.2. The van der Waals surface area contributed by atoms with Crippen molar-refractivity contribution in [2.24, 2.45) is 5.92 Å². The highest BCUT2D eigenvalue weighted by Gasteiger charge is 2.31. The van der Waals surface area contributed by atoms with Crippen molar-refractivity contribution >= 4 is 10.0 Å². The highest BCUT2D eigenvalue weighted by Crippen LogP contribution is 2.27. The van der Waals surface area contributed by atoms with Gasteiger partial charge < -0.3 is 4.90 Å². The van der Waals surface area contributed by atoms with Gasteiger partial charge in [0.2, 0.25) is 10.0 Å². The van der Waals surface area contributed by atoms with Crippen LogP contribution in [0.25, 0.3) is 0 Å². The van der Waals surface area contributed by atoms with Crippen LogP contribution in [0.5, 0.6) is 0 Å². The third-order valence-corrected chi connectivity index (χ3v) is 6.40. The van der Waals surface area contributed by atoms with Gasteiger partial charge in [-0.05, 0) is 45.0 Å². The Morgan fingerprint density at radius 1 is 1.08 bits per heavy atom. The first kappa shape index (κ1) is 19.3. The molecule has 0 heterocycles. The van der Waals surface area contributed by atoms with Crippen LogP contribution in [-0.2, 0) is 10.0 Å². The fraction of sp³-hybridized carbons (Fsp3) is 0.647. The lowest BCUT2D eigenvalue weighted by Crippen LogP contribution is -2.40. The maximum atomic E-state index is 14.0. The van der Waals surface area contributed by atoms with E-state index in [0.717, 1.165) is 37.8 Å². The van der Waals surface area contributed by atoms with Gasteiger partial charge in [0.15, 0.2) is 11.6 Å². The smallest absolute Gasteiger partial charge is 0.246 e. The van der Waals surface area contributed by atoms with Crippen LogP contribution < -0.4 is 0 Å². The average Bonchev–Trinajstić information content (AvgIpc) is 2.54. The fourth-order valence-electron chi connectivity index (χ4n) is 3.10. The van der Waals surface area contributed by atoms with E-state index in [9.17, 15) is 17.2 Å². The van der Waals surface area contributed by atoms with Crippen molar-refractivity contribution in [2.75, 3.05) is 33.7 Å². The lowest BCUT2D eigenvalue weighted by molar-refractivity contribution is 0.260. The van der Waals surface area contributed by atoms with E-state index in [1.165, 1.54) is 16.8 Å². The third-order valence-electron chi connectivity index (χ3n) is 4.52. The number of rotatable bonds is 7. The molecule has 0 atom stereocenters. The average molecular weight is 360 g/mol. The summed E-state index contributed by atoms with van der Waals surface area (Å²) >= 11 is 0. The molecule has 0 amide bonds. The Morgan fingerprint density at radius 3 is 2.38 bits per heavy atom. The van der Waals surface area contributed by atoms with Gasteiger partial charge in [-0.3, -0.25) is 0 Å². The maximum absolute atomic E-state index is 14.0. The summed E-state index contributed by atoms with van der Waals surface area (Å²) in [5, 5.41) is 0. The van der Waals surface area contributed by atoms with Crippen LogP contribution in [0.2, 0.25) is 0 Å². The van der Waals surface area contributed by atoms with E-state index in [-0.39, 0.29) is 12.5 Å². The van der Waals surface area contributed by atoms with Crippen molar-refractivity contribution in [2.45, 2.75) is 37.0 Å².